The lowest BCUT2D eigenvalue weighted by molar-refractivity contribution is -0.173. The van der Waals surface area contributed by atoms with E-state index in [-0.39, 0.29) is 12.8 Å². The zero-order valence-corrected chi connectivity index (χ0v) is 27.7. The van der Waals surface area contributed by atoms with Crippen LogP contribution in [0.1, 0.15) is 155 Å². The van der Waals surface area contributed by atoms with E-state index in [2.05, 4.69) is 13.8 Å². The number of esters is 2. The van der Waals surface area contributed by atoms with Gasteiger partial charge in [0.2, 0.25) is 0 Å². The molecule has 42 heavy (non-hydrogen) atoms. The summed E-state index contributed by atoms with van der Waals surface area (Å²) in [7, 11) is -8.95. The molecule has 2 N–H and O–H groups in total. The third-order valence-corrected chi connectivity index (χ3v) is 8.85. The zero-order chi connectivity index (χ0) is 31.7. The Morgan fingerprint density at radius 2 is 0.714 bits per heavy atom. The standard InChI is InChI=1S/C30H58O10S2/c1-3-5-7-9-11-13-15-17-19-21-23-27(25-41(33,34)35)39-29(31)30(32)40-28(26-42(36,37)38)24-22-20-18-16-14-12-10-8-6-4-2/h27-28H,3-26H2,1-2H3,(H,33,34,35)(H,36,37,38). The van der Waals surface area contributed by atoms with E-state index < -0.39 is 55.9 Å². The summed E-state index contributed by atoms with van der Waals surface area (Å²) in [5.74, 6) is -4.62. The van der Waals surface area contributed by atoms with Crippen LogP contribution in [0, 0.1) is 0 Å². The van der Waals surface area contributed by atoms with Gasteiger partial charge in [0.25, 0.3) is 20.2 Å². The van der Waals surface area contributed by atoms with Crippen molar-refractivity contribution in [2.24, 2.45) is 0 Å². The summed E-state index contributed by atoms with van der Waals surface area (Å²) >= 11 is 0. The van der Waals surface area contributed by atoms with Crippen molar-refractivity contribution in [3.8, 4) is 0 Å². The first-order valence-corrected chi connectivity index (χ1v) is 19.4. The van der Waals surface area contributed by atoms with E-state index in [9.17, 15) is 35.5 Å². The van der Waals surface area contributed by atoms with E-state index in [1.165, 1.54) is 64.2 Å². The Morgan fingerprint density at radius 1 is 0.476 bits per heavy atom. The maximum Gasteiger partial charge on any atom is 0.417 e. The third-order valence-electron chi connectivity index (χ3n) is 7.27. The molecule has 12 heteroatoms. The normalized spacial score (nSPS) is 13.5. The van der Waals surface area contributed by atoms with Crippen molar-refractivity contribution in [3.05, 3.63) is 0 Å². The molecular formula is C30H58O10S2. The lowest BCUT2D eigenvalue weighted by atomic mass is 10.0. The number of unbranched alkanes of at least 4 members (excludes halogenated alkanes) is 18. The molecule has 0 aromatic heterocycles. The molecule has 0 fully saturated rings. The highest BCUT2D eigenvalue weighted by molar-refractivity contribution is 7.86. The zero-order valence-electron chi connectivity index (χ0n) is 26.1. The van der Waals surface area contributed by atoms with Gasteiger partial charge >= 0.3 is 11.9 Å². The summed E-state index contributed by atoms with van der Waals surface area (Å²) in [5.41, 5.74) is 0. The summed E-state index contributed by atoms with van der Waals surface area (Å²) in [6.45, 7) is 4.35. The molecule has 0 saturated carbocycles. The van der Waals surface area contributed by atoms with Crippen molar-refractivity contribution >= 4 is 32.2 Å². The molecule has 0 aliphatic heterocycles. The average molecular weight is 643 g/mol. The van der Waals surface area contributed by atoms with Crippen molar-refractivity contribution in [2.45, 2.75) is 167 Å². The van der Waals surface area contributed by atoms with Gasteiger partial charge in [0, 0.05) is 0 Å². The summed E-state index contributed by atoms with van der Waals surface area (Å²) in [4.78, 5) is 24.8. The van der Waals surface area contributed by atoms with Crippen molar-refractivity contribution in [1.29, 1.82) is 0 Å². The van der Waals surface area contributed by atoms with E-state index in [1.807, 2.05) is 0 Å². The molecule has 0 spiro atoms. The Kier molecular flexibility index (Phi) is 24.4. The number of rotatable bonds is 28. The molecule has 0 amide bonds. The van der Waals surface area contributed by atoms with Gasteiger partial charge in [-0.1, -0.05) is 129 Å². The molecule has 0 rings (SSSR count). The van der Waals surface area contributed by atoms with Gasteiger partial charge in [-0.15, -0.1) is 0 Å². The second-order valence-electron chi connectivity index (χ2n) is 11.5. The summed E-state index contributed by atoms with van der Waals surface area (Å²) < 4.78 is 74.4. The van der Waals surface area contributed by atoms with Crippen LogP contribution in [-0.2, 0) is 39.3 Å². The molecule has 10 nitrogen and oxygen atoms in total. The van der Waals surface area contributed by atoms with Crippen molar-refractivity contribution in [2.75, 3.05) is 11.5 Å². The fourth-order valence-corrected chi connectivity index (χ4v) is 6.35. The van der Waals surface area contributed by atoms with Crippen LogP contribution in [0.15, 0.2) is 0 Å². The number of hydrogen-bond acceptors (Lipinski definition) is 8. The van der Waals surface area contributed by atoms with Gasteiger partial charge in [-0.3, -0.25) is 9.11 Å². The highest BCUT2D eigenvalue weighted by atomic mass is 32.2. The van der Waals surface area contributed by atoms with Crippen molar-refractivity contribution < 1.29 is 45.0 Å². The Hall–Kier alpha value is -1.24. The van der Waals surface area contributed by atoms with Gasteiger partial charge < -0.3 is 9.47 Å². The first kappa shape index (κ1) is 40.8. The van der Waals surface area contributed by atoms with Gasteiger partial charge in [-0.05, 0) is 25.7 Å². The first-order chi connectivity index (χ1) is 19.9. The molecule has 0 bridgehead atoms. The van der Waals surface area contributed by atoms with Crippen LogP contribution < -0.4 is 0 Å². The molecule has 0 radical (unpaired) electrons. The van der Waals surface area contributed by atoms with Crippen LogP contribution in [0.4, 0.5) is 0 Å². The van der Waals surface area contributed by atoms with Gasteiger partial charge in [0.1, 0.15) is 23.7 Å². The topological polar surface area (TPSA) is 161 Å². The minimum atomic E-state index is -4.47. The second-order valence-corrected chi connectivity index (χ2v) is 14.5. The lowest BCUT2D eigenvalue weighted by Crippen LogP contribution is -2.34. The molecule has 0 heterocycles. The number of carbonyl (C=O) groups is 2. The molecule has 250 valence electrons. The molecule has 0 saturated heterocycles. The monoisotopic (exact) mass is 642 g/mol. The molecular weight excluding hydrogens is 584 g/mol. The third kappa shape index (κ3) is 27.6. The van der Waals surface area contributed by atoms with E-state index >= 15 is 0 Å². The minimum Gasteiger partial charge on any atom is -0.453 e. The van der Waals surface area contributed by atoms with Crippen LogP contribution >= 0.6 is 0 Å². The number of ether oxygens (including phenoxy) is 2. The molecule has 0 aliphatic rings. The minimum absolute atomic E-state index is 0.141. The van der Waals surface area contributed by atoms with Gasteiger partial charge in [0.05, 0.1) is 0 Å². The Balaban J connectivity index is 4.62. The smallest absolute Gasteiger partial charge is 0.417 e. The van der Waals surface area contributed by atoms with Crippen LogP contribution in [0.25, 0.3) is 0 Å². The highest BCUT2D eigenvalue weighted by Crippen LogP contribution is 2.16. The van der Waals surface area contributed by atoms with Crippen molar-refractivity contribution in [3.63, 3.8) is 0 Å². The van der Waals surface area contributed by atoms with E-state index in [1.54, 1.807) is 0 Å². The maximum absolute atomic E-state index is 12.4. The molecule has 2 unspecified atom stereocenters. The Morgan fingerprint density at radius 3 is 0.952 bits per heavy atom. The molecule has 2 atom stereocenters. The summed E-state index contributed by atoms with van der Waals surface area (Å²) in [6, 6.07) is 0. The van der Waals surface area contributed by atoms with Crippen LogP contribution in [0.2, 0.25) is 0 Å². The highest BCUT2D eigenvalue weighted by Gasteiger charge is 2.29. The Bertz CT molecular complexity index is 829. The fraction of sp³-hybridized carbons (Fsp3) is 0.933. The fourth-order valence-electron chi connectivity index (χ4n) is 4.94. The maximum atomic E-state index is 12.4. The van der Waals surface area contributed by atoms with Crippen LogP contribution in [-0.4, -0.2) is 61.6 Å². The number of carbonyl (C=O) groups excluding carboxylic acids is 2. The van der Waals surface area contributed by atoms with Crippen LogP contribution in [0.5, 0.6) is 0 Å². The number of hydrogen-bond donors (Lipinski definition) is 2. The van der Waals surface area contributed by atoms with Crippen LogP contribution in [0.3, 0.4) is 0 Å². The average Bonchev–Trinajstić information content (AvgIpc) is 2.88. The molecule has 0 aromatic carbocycles. The van der Waals surface area contributed by atoms with E-state index in [4.69, 9.17) is 9.47 Å². The predicted molar refractivity (Wildman–Crippen MR) is 166 cm³/mol. The molecule has 0 aliphatic carbocycles. The quantitative estimate of drug-likeness (QED) is 0.0386. The second kappa shape index (κ2) is 25.1. The van der Waals surface area contributed by atoms with Gasteiger partial charge in [-0.2, -0.15) is 16.8 Å². The summed E-state index contributed by atoms with van der Waals surface area (Å²) in [6.07, 6.45) is 18.9. The Labute approximate surface area is 255 Å². The van der Waals surface area contributed by atoms with E-state index in [0.29, 0.717) is 12.8 Å². The first-order valence-electron chi connectivity index (χ1n) is 16.2. The summed E-state index contributed by atoms with van der Waals surface area (Å²) in [5, 5.41) is 0. The largest absolute Gasteiger partial charge is 0.453 e. The van der Waals surface area contributed by atoms with E-state index in [0.717, 1.165) is 51.4 Å². The van der Waals surface area contributed by atoms with Gasteiger partial charge in [0.15, 0.2) is 0 Å². The lowest BCUT2D eigenvalue weighted by Gasteiger charge is -2.19. The molecule has 0 aromatic rings. The predicted octanol–water partition coefficient (Wildman–Crippen LogP) is 7.21. The van der Waals surface area contributed by atoms with Gasteiger partial charge in [-0.25, -0.2) is 9.59 Å². The SMILES string of the molecule is CCCCCCCCCCCCC(CS(=O)(=O)O)OC(=O)C(=O)OC(CCCCCCCCCCCC)CS(=O)(=O)O. The van der Waals surface area contributed by atoms with Crippen molar-refractivity contribution in [1.82, 2.24) is 0 Å².